The fraction of sp³-hybridized carbons (Fsp3) is 0.357. The highest BCUT2D eigenvalue weighted by atomic mass is 16.1. The number of benzene rings is 1. The quantitative estimate of drug-likeness (QED) is 0.772. The molecule has 16 heavy (non-hydrogen) atoms. The van der Waals surface area contributed by atoms with Crippen molar-refractivity contribution in [2.75, 3.05) is 5.32 Å². The Kier molecular flexibility index (Phi) is 4.13. The van der Waals surface area contributed by atoms with Gasteiger partial charge in [-0.2, -0.15) is 0 Å². The predicted octanol–water partition coefficient (Wildman–Crippen LogP) is 2.90. The van der Waals surface area contributed by atoms with Crippen molar-refractivity contribution in [3.05, 3.63) is 29.8 Å². The van der Waals surface area contributed by atoms with Gasteiger partial charge in [0, 0.05) is 17.2 Å². The van der Waals surface area contributed by atoms with E-state index in [0.29, 0.717) is 5.92 Å². The summed E-state index contributed by atoms with van der Waals surface area (Å²) in [4.78, 5) is 11.8. The maximum absolute atomic E-state index is 11.8. The smallest absolute Gasteiger partial charge is 0.227 e. The number of nitrogens with one attached hydrogen (secondary N) is 1. The van der Waals surface area contributed by atoms with Crippen molar-refractivity contribution in [3.63, 3.8) is 0 Å². The van der Waals surface area contributed by atoms with Crippen LogP contribution in [0, 0.1) is 24.2 Å². The highest BCUT2D eigenvalue weighted by Crippen LogP contribution is 2.14. The summed E-state index contributed by atoms with van der Waals surface area (Å²) >= 11 is 0. The molecule has 0 aliphatic carbocycles. The van der Waals surface area contributed by atoms with Crippen molar-refractivity contribution in [1.82, 2.24) is 0 Å². The Balaban J connectivity index is 2.67. The van der Waals surface area contributed by atoms with Gasteiger partial charge in [-0.15, -0.1) is 6.42 Å². The summed E-state index contributed by atoms with van der Waals surface area (Å²) in [6, 6.07) is 7.27. The minimum atomic E-state index is 0.00677. The summed E-state index contributed by atoms with van der Waals surface area (Å²) in [7, 11) is 0. The maximum Gasteiger partial charge on any atom is 0.227 e. The first-order valence-electron chi connectivity index (χ1n) is 5.42. The average molecular weight is 215 g/mol. The second kappa shape index (κ2) is 5.37. The Morgan fingerprint density at radius 3 is 2.25 bits per heavy atom. The van der Waals surface area contributed by atoms with Crippen LogP contribution in [0.15, 0.2) is 24.3 Å². The Hall–Kier alpha value is -1.75. The molecule has 0 spiro atoms. The zero-order chi connectivity index (χ0) is 12.1. The summed E-state index contributed by atoms with van der Waals surface area (Å²) in [5.41, 5.74) is 1.60. The van der Waals surface area contributed by atoms with E-state index in [1.807, 2.05) is 45.0 Å². The molecule has 1 atom stereocenters. The molecule has 2 heteroatoms. The van der Waals surface area contributed by atoms with Crippen molar-refractivity contribution in [1.29, 1.82) is 0 Å². The van der Waals surface area contributed by atoms with Crippen LogP contribution in [0.1, 0.15) is 26.3 Å². The molecule has 0 saturated carbocycles. The lowest BCUT2D eigenvalue weighted by molar-refractivity contribution is -0.120. The van der Waals surface area contributed by atoms with Gasteiger partial charge in [-0.3, -0.25) is 4.79 Å². The largest absolute Gasteiger partial charge is 0.326 e. The molecule has 1 N–H and O–H groups in total. The zero-order valence-electron chi connectivity index (χ0n) is 9.95. The third-order valence-electron chi connectivity index (χ3n) is 2.73. The molecule has 0 aliphatic rings. The molecule has 0 aliphatic heterocycles. The van der Waals surface area contributed by atoms with Crippen molar-refractivity contribution in [2.24, 2.45) is 11.8 Å². The summed E-state index contributed by atoms with van der Waals surface area (Å²) < 4.78 is 0. The van der Waals surface area contributed by atoms with Crippen LogP contribution in [0.2, 0.25) is 0 Å². The molecular weight excluding hydrogens is 198 g/mol. The van der Waals surface area contributed by atoms with Gasteiger partial charge in [-0.1, -0.05) is 26.7 Å². The lowest BCUT2D eigenvalue weighted by Crippen LogP contribution is -2.24. The molecule has 0 aromatic heterocycles. The number of hydrogen-bond donors (Lipinski definition) is 1. The second-order valence-corrected chi connectivity index (χ2v) is 4.24. The van der Waals surface area contributed by atoms with Crippen LogP contribution in [-0.4, -0.2) is 5.91 Å². The van der Waals surface area contributed by atoms with Crippen LogP contribution in [0.25, 0.3) is 0 Å². The third kappa shape index (κ3) is 3.13. The van der Waals surface area contributed by atoms with E-state index in [1.165, 1.54) is 0 Å². The van der Waals surface area contributed by atoms with Crippen LogP contribution in [0.5, 0.6) is 0 Å². The van der Waals surface area contributed by atoms with Gasteiger partial charge < -0.3 is 5.32 Å². The monoisotopic (exact) mass is 215 g/mol. The fourth-order valence-electron chi connectivity index (χ4n) is 1.21. The topological polar surface area (TPSA) is 29.1 Å². The zero-order valence-corrected chi connectivity index (χ0v) is 9.95. The molecule has 0 bridgehead atoms. The summed E-state index contributed by atoms with van der Waals surface area (Å²) in [5.74, 6) is 2.93. The maximum atomic E-state index is 11.8. The van der Waals surface area contributed by atoms with E-state index in [9.17, 15) is 4.79 Å². The number of hydrogen-bond acceptors (Lipinski definition) is 1. The summed E-state index contributed by atoms with van der Waals surface area (Å²) in [6.45, 7) is 5.99. The summed E-state index contributed by atoms with van der Waals surface area (Å²) in [5, 5.41) is 2.87. The number of carbonyl (C=O) groups is 1. The van der Waals surface area contributed by atoms with Crippen LogP contribution >= 0.6 is 0 Å². The van der Waals surface area contributed by atoms with E-state index in [4.69, 9.17) is 6.42 Å². The first kappa shape index (κ1) is 12.3. The highest BCUT2D eigenvalue weighted by molar-refractivity contribution is 5.92. The standard InChI is InChI=1S/C14H17NO/c1-5-12-6-8-13(9-7-12)15-14(16)11(4)10(2)3/h1,6-11H,2-4H3,(H,15,16). The second-order valence-electron chi connectivity index (χ2n) is 4.24. The first-order chi connectivity index (χ1) is 7.54. The minimum Gasteiger partial charge on any atom is -0.326 e. The molecule has 0 fully saturated rings. The molecule has 2 nitrogen and oxygen atoms in total. The van der Waals surface area contributed by atoms with Crippen LogP contribution in [0.4, 0.5) is 5.69 Å². The van der Waals surface area contributed by atoms with Crippen molar-refractivity contribution < 1.29 is 4.79 Å². The fourth-order valence-corrected chi connectivity index (χ4v) is 1.21. The SMILES string of the molecule is C#Cc1ccc(NC(=O)C(C)C(C)C)cc1. The van der Waals surface area contributed by atoms with E-state index < -0.39 is 0 Å². The van der Waals surface area contributed by atoms with Crippen molar-refractivity contribution >= 4 is 11.6 Å². The van der Waals surface area contributed by atoms with E-state index >= 15 is 0 Å². The Morgan fingerprint density at radius 2 is 1.81 bits per heavy atom. The molecule has 0 radical (unpaired) electrons. The van der Waals surface area contributed by atoms with E-state index in [1.54, 1.807) is 0 Å². The van der Waals surface area contributed by atoms with Crippen LogP contribution in [-0.2, 0) is 4.79 Å². The highest BCUT2D eigenvalue weighted by Gasteiger charge is 2.16. The van der Waals surface area contributed by atoms with Gasteiger partial charge in [-0.05, 0) is 30.2 Å². The number of anilines is 1. The van der Waals surface area contributed by atoms with Gasteiger partial charge in [0.1, 0.15) is 0 Å². The van der Waals surface area contributed by atoms with E-state index in [0.717, 1.165) is 11.3 Å². The molecule has 0 heterocycles. The molecule has 1 aromatic rings. The molecule has 0 saturated heterocycles. The lowest BCUT2D eigenvalue weighted by Gasteiger charge is -2.15. The van der Waals surface area contributed by atoms with Gasteiger partial charge in [-0.25, -0.2) is 0 Å². The number of amides is 1. The Bertz CT molecular complexity index is 398. The molecule has 1 aromatic carbocycles. The van der Waals surface area contributed by atoms with Gasteiger partial charge in [0.05, 0.1) is 0 Å². The van der Waals surface area contributed by atoms with Crippen LogP contribution < -0.4 is 5.32 Å². The third-order valence-corrected chi connectivity index (χ3v) is 2.73. The van der Waals surface area contributed by atoms with E-state index in [-0.39, 0.29) is 11.8 Å². The molecular formula is C14H17NO. The molecule has 1 rings (SSSR count). The van der Waals surface area contributed by atoms with Crippen molar-refractivity contribution in [3.8, 4) is 12.3 Å². The summed E-state index contributed by atoms with van der Waals surface area (Å²) in [6.07, 6.45) is 5.25. The first-order valence-corrected chi connectivity index (χ1v) is 5.42. The van der Waals surface area contributed by atoms with Crippen LogP contribution in [0.3, 0.4) is 0 Å². The Morgan fingerprint density at radius 1 is 1.25 bits per heavy atom. The van der Waals surface area contributed by atoms with Gasteiger partial charge >= 0.3 is 0 Å². The van der Waals surface area contributed by atoms with Gasteiger partial charge in [0.2, 0.25) is 5.91 Å². The van der Waals surface area contributed by atoms with Crippen molar-refractivity contribution in [2.45, 2.75) is 20.8 Å². The number of terminal acetylenes is 1. The minimum absolute atomic E-state index is 0.00677. The average Bonchev–Trinajstić information content (AvgIpc) is 2.28. The molecule has 84 valence electrons. The lowest BCUT2D eigenvalue weighted by atomic mass is 9.97. The molecule has 1 amide bonds. The van der Waals surface area contributed by atoms with Gasteiger partial charge in [0.25, 0.3) is 0 Å². The Labute approximate surface area is 97.1 Å². The van der Waals surface area contributed by atoms with E-state index in [2.05, 4.69) is 11.2 Å². The normalized spacial score (nSPS) is 11.9. The number of carbonyl (C=O) groups excluding carboxylic acids is 1. The van der Waals surface area contributed by atoms with Gasteiger partial charge in [0.15, 0.2) is 0 Å². The number of rotatable bonds is 3. The molecule has 1 unspecified atom stereocenters. The predicted molar refractivity (Wildman–Crippen MR) is 67.0 cm³/mol.